The first kappa shape index (κ1) is 19.6. The summed E-state index contributed by atoms with van der Waals surface area (Å²) in [7, 11) is -3.98. The van der Waals surface area contributed by atoms with E-state index in [-0.39, 0.29) is 30.4 Å². The maximum atomic E-state index is 13.1. The van der Waals surface area contributed by atoms with Crippen molar-refractivity contribution in [1.29, 1.82) is 0 Å². The van der Waals surface area contributed by atoms with Crippen LogP contribution in [0.15, 0.2) is 18.2 Å². The van der Waals surface area contributed by atoms with E-state index < -0.39 is 27.5 Å². The van der Waals surface area contributed by atoms with Crippen molar-refractivity contribution in [1.82, 2.24) is 5.32 Å². The normalized spacial score (nSPS) is 12.1. The molecule has 0 saturated heterocycles. The summed E-state index contributed by atoms with van der Waals surface area (Å²) in [5, 5.41) is 2.26. The second-order valence-electron chi connectivity index (χ2n) is 4.70. The molecule has 130 valence electrons. The van der Waals surface area contributed by atoms with Crippen molar-refractivity contribution in [2.75, 3.05) is 23.7 Å². The van der Waals surface area contributed by atoms with Crippen molar-refractivity contribution in [3.05, 3.63) is 28.8 Å². The number of rotatable bonds is 6. The smallest absolute Gasteiger partial charge is 0.354 e. The molecule has 0 fully saturated rings. The molecule has 10 heteroatoms. The van der Waals surface area contributed by atoms with Gasteiger partial charge in [-0.1, -0.05) is 18.5 Å². The Morgan fingerprint density at radius 3 is 2.43 bits per heavy atom. The highest BCUT2D eigenvalue weighted by Crippen LogP contribution is 2.38. The van der Waals surface area contributed by atoms with Gasteiger partial charge in [0.2, 0.25) is 15.9 Å². The minimum atomic E-state index is -4.77. The molecule has 5 nitrogen and oxygen atoms in total. The van der Waals surface area contributed by atoms with Gasteiger partial charge in [0.05, 0.1) is 24.1 Å². The van der Waals surface area contributed by atoms with E-state index >= 15 is 0 Å². The molecule has 0 saturated carbocycles. The predicted molar refractivity (Wildman–Crippen MR) is 81.9 cm³/mol. The SMILES string of the molecule is CCC(=O)NCCN(c1ccc(Cl)cc1C(F)(F)F)S(C)(=O)=O. The van der Waals surface area contributed by atoms with Gasteiger partial charge in [0.25, 0.3) is 0 Å². The molecule has 0 spiro atoms. The maximum absolute atomic E-state index is 13.1. The molecule has 0 aliphatic heterocycles. The summed E-state index contributed by atoms with van der Waals surface area (Å²) in [6.45, 7) is 1.17. The van der Waals surface area contributed by atoms with Crippen LogP contribution in [0.5, 0.6) is 0 Å². The molecular weight excluding hydrogens is 357 g/mol. The summed E-state index contributed by atoms with van der Waals surface area (Å²) in [5.41, 5.74) is -1.69. The standard InChI is InChI=1S/C13H16ClF3N2O3S/c1-3-12(20)18-6-7-19(23(2,21)22)11-5-4-9(14)8-10(11)13(15,16)17/h4-5,8H,3,6-7H2,1-2H3,(H,18,20). The predicted octanol–water partition coefficient (Wildman–Crippen LogP) is 2.65. The number of nitrogens with one attached hydrogen (secondary N) is 1. The van der Waals surface area contributed by atoms with Crippen molar-refractivity contribution in [2.24, 2.45) is 0 Å². The summed E-state index contributed by atoms with van der Waals surface area (Å²) in [5.74, 6) is -0.328. The number of carbonyl (C=O) groups is 1. The van der Waals surface area contributed by atoms with E-state index in [1.807, 2.05) is 0 Å². The number of halogens is 4. The highest BCUT2D eigenvalue weighted by Gasteiger charge is 2.36. The third-order valence-corrected chi connectivity index (χ3v) is 4.31. The molecule has 0 heterocycles. The maximum Gasteiger partial charge on any atom is 0.418 e. The van der Waals surface area contributed by atoms with Crippen LogP contribution in [0.25, 0.3) is 0 Å². The summed E-state index contributed by atoms with van der Waals surface area (Å²) in [6.07, 6.45) is -3.78. The van der Waals surface area contributed by atoms with E-state index in [9.17, 15) is 26.4 Å². The zero-order valence-electron chi connectivity index (χ0n) is 12.4. The van der Waals surface area contributed by atoms with Crippen LogP contribution in [0.4, 0.5) is 18.9 Å². The van der Waals surface area contributed by atoms with Crippen LogP contribution in [0.2, 0.25) is 5.02 Å². The van der Waals surface area contributed by atoms with Crippen LogP contribution in [-0.2, 0) is 21.0 Å². The molecule has 0 aliphatic carbocycles. The van der Waals surface area contributed by atoms with Crippen molar-refractivity contribution in [3.63, 3.8) is 0 Å². The number of alkyl halides is 3. The summed E-state index contributed by atoms with van der Waals surface area (Å²) in [6, 6.07) is 2.84. The lowest BCUT2D eigenvalue weighted by atomic mass is 10.1. The van der Waals surface area contributed by atoms with Gasteiger partial charge in [-0.25, -0.2) is 8.42 Å². The quantitative estimate of drug-likeness (QED) is 0.834. The third kappa shape index (κ3) is 5.58. The lowest BCUT2D eigenvalue weighted by Gasteiger charge is -2.26. The zero-order valence-corrected chi connectivity index (χ0v) is 14.0. The Morgan fingerprint density at radius 2 is 1.96 bits per heavy atom. The number of amides is 1. The van der Waals surface area contributed by atoms with Gasteiger partial charge in [-0.2, -0.15) is 13.2 Å². The average Bonchev–Trinajstić information content (AvgIpc) is 2.41. The van der Waals surface area contributed by atoms with E-state index in [4.69, 9.17) is 11.6 Å². The van der Waals surface area contributed by atoms with Crippen molar-refractivity contribution >= 4 is 33.2 Å². The van der Waals surface area contributed by atoms with Gasteiger partial charge in [-0.15, -0.1) is 0 Å². The topological polar surface area (TPSA) is 66.5 Å². The van der Waals surface area contributed by atoms with E-state index in [0.29, 0.717) is 10.4 Å². The fraction of sp³-hybridized carbons (Fsp3) is 0.462. The first-order valence-corrected chi connectivity index (χ1v) is 8.80. The van der Waals surface area contributed by atoms with Crippen LogP contribution in [-0.4, -0.2) is 33.7 Å². The second kappa shape index (κ2) is 7.39. The van der Waals surface area contributed by atoms with Gasteiger partial charge in [0.15, 0.2) is 0 Å². The Balaban J connectivity index is 3.21. The zero-order chi connectivity index (χ0) is 17.8. The van der Waals surface area contributed by atoms with Gasteiger partial charge in [0, 0.05) is 18.0 Å². The number of hydrogen-bond donors (Lipinski definition) is 1. The summed E-state index contributed by atoms with van der Waals surface area (Å²) in [4.78, 5) is 11.2. The van der Waals surface area contributed by atoms with Crippen molar-refractivity contribution in [2.45, 2.75) is 19.5 Å². The van der Waals surface area contributed by atoms with Crippen LogP contribution in [0.1, 0.15) is 18.9 Å². The molecule has 0 unspecified atom stereocenters. The molecule has 0 bridgehead atoms. The molecular formula is C13H16ClF3N2O3S. The Morgan fingerprint density at radius 1 is 1.35 bits per heavy atom. The molecule has 1 aromatic carbocycles. The Bertz CT molecular complexity index is 678. The third-order valence-electron chi connectivity index (χ3n) is 2.89. The average molecular weight is 373 g/mol. The molecule has 1 rings (SSSR count). The van der Waals surface area contributed by atoms with E-state index in [1.165, 1.54) is 6.07 Å². The first-order chi connectivity index (χ1) is 10.5. The number of anilines is 1. The van der Waals surface area contributed by atoms with Crippen LogP contribution >= 0.6 is 11.6 Å². The lowest BCUT2D eigenvalue weighted by molar-refractivity contribution is -0.137. The number of benzene rings is 1. The Kier molecular flexibility index (Phi) is 6.29. The monoisotopic (exact) mass is 372 g/mol. The fourth-order valence-corrected chi connectivity index (χ4v) is 2.95. The number of nitrogens with zero attached hydrogens (tertiary/aromatic N) is 1. The van der Waals surface area contributed by atoms with Crippen LogP contribution in [0, 0.1) is 0 Å². The number of sulfonamides is 1. The van der Waals surface area contributed by atoms with E-state index in [1.54, 1.807) is 6.92 Å². The highest BCUT2D eigenvalue weighted by atomic mass is 35.5. The fourth-order valence-electron chi connectivity index (χ4n) is 1.84. The molecule has 0 atom stereocenters. The first-order valence-electron chi connectivity index (χ1n) is 6.58. The van der Waals surface area contributed by atoms with Gasteiger partial charge in [-0.3, -0.25) is 9.10 Å². The Hall–Kier alpha value is -1.48. The molecule has 0 aromatic heterocycles. The molecule has 23 heavy (non-hydrogen) atoms. The summed E-state index contributed by atoms with van der Waals surface area (Å²) < 4.78 is 63.7. The van der Waals surface area contributed by atoms with Crippen LogP contribution < -0.4 is 9.62 Å². The van der Waals surface area contributed by atoms with E-state index in [0.717, 1.165) is 12.3 Å². The minimum absolute atomic E-state index is 0.111. The van der Waals surface area contributed by atoms with E-state index in [2.05, 4.69) is 5.32 Å². The minimum Gasteiger partial charge on any atom is -0.354 e. The van der Waals surface area contributed by atoms with Gasteiger partial charge < -0.3 is 5.32 Å². The van der Waals surface area contributed by atoms with Crippen molar-refractivity contribution < 1.29 is 26.4 Å². The van der Waals surface area contributed by atoms with Crippen molar-refractivity contribution in [3.8, 4) is 0 Å². The van der Waals surface area contributed by atoms with Gasteiger partial charge in [-0.05, 0) is 18.2 Å². The molecule has 1 aromatic rings. The molecule has 0 aliphatic rings. The summed E-state index contributed by atoms with van der Waals surface area (Å²) >= 11 is 5.58. The second-order valence-corrected chi connectivity index (χ2v) is 7.04. The molecule has 1 N–H and O–H groups in total. The number of carbonyl (C=O) groups excluding carboxylic acids is 1. The molecule has 1 amide bonds. The largest absolute Gasteiger partial charge is 0.418 e. The molecule has 0 radical (unpaired) electrons. The van der Waals surface area contributed by atoms with Gasteiger partial charge >= 0.3 is 6.18 Å². The highest BCUT2D eigenvalue weighted by molar-refractivity contribution is 7.92. The van der Waals surface area contributed by atoms with Crippen LogP contribution in [0.3, 0.4) is 0 Å². The van der Waals surface area contributed by atoms with Gasteiger partial charge in [0.1, 0.15) is 0 Å². The number of hydrogen-bond acceptors (Lipinski definition) is 3. The lowest BCUT2D eigenvalue weighted by Crippen LogP contribution is -2.39. The Labute approximate surface area is 137 Å².